The Morgan fingerprint density at radius 1 is 1.11 bits per heavy atom. The molecule has 0 bridgehead atoms. The summed E-state index contributed by atoms with van der Waals surface area (Å²) >= 11 is 0. The molecule has 0 aromatic heterocycles. The van der Waals surface area contributed by atoms with E-state index in [0.29, 0.717) is 17.4 Å². The fourth-order valence-corrected chi connectivity index (χ4v) is 1.74. The Kier molecular flexibility index (Phi) is 3.10. The molecule has 0 spiro atoms. The molecule has 0 aliphatic rings. The van der Waals surface area contributed by atoms with Gasteiger partial charge in [0.2, 0.25) is 0 Å². The number of carboxylic acid groups (broad SMARTS) is 1. The molecule has 0 amide bonds. The first-order chi connectivity index (χ1) is 8.63. The fraction of sp³-hybridized carbons (Fsp3) is 0. The Balaban J connectivity index is 2.62. The number of rotatable bonds is 3. The molecule has 90 valence electrons. The summed E-state index contributed by atoms with van der Waals surface area (Å²) in [5.74, 6) is -1.16. The number of carbonyl (C=O) groups is 2. The molecule has 0 unspecified atom stereocenters. The standard InChI is InChI=1S/C14H10O4/c15-8-10-7-9(5-6-13(10)16)11-3-1-2-4-12(11)14(17)18/h1-8,16H,(H,17,18). The monoisotopic (exact) mass is 242 g/mol. The van der Waals surface area contributed by atoms with Gasteiger partial charge in [-0.2, -0.15) is 0 Å². The van der Waals surface area contributed by atoms with Gasteiger partial charge in [0.25, 0.3) is 0 Å². The number of carbonyl (C=O) groups excluding carboxylic acids is 1. The van der Waals surface area contributed by atoms with Crippen molar-refractivity contribution < 1.29 is 19.8 Å². The molecule has 18 heavy (non-hydrogen) atoms. The molecule has 0 heterocycles. The van der Waals surface area contributed by atoms with Gasteiger partial charge in [-0.3, -0.25) is 4.79 Å². The number of hydrogen-bond donors (Lipinski definition) is 2. The molecule has 0 aliphatic heterocycles. The van der Waals surface area contributed by atoms with Gasteiger partial charge in [-0.25, -0.2) is 4.79 Å². The highest BCUT2D eigenvalue weighted by Gasteiger charge is 2.12. The molecular formula is C14H10O4. The number of benzene rings is 2. The van der Waals surface area contributed by atoms with Crippen molar-refractivity contribution in [3.05, 3.63) is 53.6 Å². The number of aldehydes is 1. The molecular weight excluding hydrogens is 232 g/mol. The molecule has 0 atom stereocenters. The van der Waals surface area contributed by atoms with Crippen molar-refractivity contribution in [1.82, 2.24) is 0 Å². The van der Waals surface area contributed by atoms with Crippen LogP contribution >= 0.6 is 0 Å². The Hall–Kier alpha value is -2.62. The van der Waals surface area contributed by atoms with Crippen LogP contribution in [0.3, 0.4) is 0 Å². The normalized spacial score (nSPS) is 10.0. The van der Waals surface area contributed by atoms with E-state index in [9.17, 15) is 14.7 Å². The van der Waals surface area contributed by atoms with Crippen molar-refractivity contribution in [2.75, 3.05) is 0 Å². The molecule has 2 aromatic rings. The lowest BCUT2D eigenvalue weighted by atomic mass is 9.98. The van der Waals surface area contributed by atoms with Crippen molar-refractivity contribution >= 4 is 12.3 Å². The maximum atomic E-state index is 11.1. The van der Waals surface area contributed by atoms with Gasteiger partial charge in [0.05, 0.1) is 11.1 Å². The molecule has 0 radical (unpaired) electrons. The molecule has 4 heteroatoms. The predicted molar refractivity (Wildman–Crippen MR) is 65.9 cm³/mol. The van der Waals surface area contributed by atoms with Crippen LogP contribution in [0.4, 0.5) is 0 Å². The molecule has 0 saturated heterocycles. The average molecular weight is 242 g/mol. The summed E-state index contributed by atoms with van der Waals surface area (Å²) in [4.78, 5) is 21.9. The first-order valence-corrected chi connectivity index (χ1v) is 5.24. The Morgan fingerprint density at radius 3 is 2.50 bits per heavy atom. The van der Waals surface area contributed by atoms with Gasteiger partial charge in [-0.1, -0.05) is 24.3 Å². The van der Waals surface area contributed by atoms with Crippen molar-refractivity contribution in [3.8, 4) is 16.9 Å². The zero-order chi connectivity index (χ0) is 13.1. The molecule has 2 N–H and O–H groups in total. The van der Waals surface area contributed by atoms with E-state index in [-0.39, 0.29) is 16.9 Å². The Bertz CT molecular complexity index is 617. The van der Waals surface area contributed by atoms with Crippen LogP contribution in [-0.2, 0) is 0 Å². The van der Waals surface area contributed by atoms with Gasteiger partial charge in [0.1, 0.15) is 5.75 Å². The smallest absolute Gasteiger partial charge is 0.336 e. The molecule has 0 aliphatic carbocycles. The zero-order valence-corrected chi connectivity index (χ0v) is 9.33. The van der Waals surface area contributed by atoms with E-state index in [1.807, 2.05) is 0 Å². The second-order valence-corrected chi connectivity index (χ2v) is 3.74. The summed E-state index contributed by atoms with van der Waals surface area (Å²) in [5.41, 5.74) is 1.37. The number of carboxylic acids is 1. The predicted octanol–water partition coefficient (Wildman–Crippen LogP) is 2.57. The van der Waals surface area contributed by atoms with Crippen LogP contribution in [0.2, 0.25) is 0 Å². The van der Waals surface area contributed by atoms with Gasteiger partial charge in [0.15, 0.2) is 6.29 Å². The quantitative estimate of drug-likeness (QED) is 0.811. The fourth-order valence-electron chi connectivity index (χ4n) is 1.74. The minimum Gasteiger partial charge on any atom is -0.507 e. The van der Waals surface area contributed by atoms with Gasteiger partial charge < -0.3 is 10.2 Å². The topological polar surface area (TPSA) is 74.6 Å². The van der Waals surface area contributed by atoms with Crippen LogP contribution in [0.1, 0.15) is 20.7 Å². The van der Waals surface area contributed by atoms with Gasteiger partial charge in [0, 0.05) is 0 Å². The minimum absolute atomic E-state index is 0.124. The summed E-state index contributed by atoms with van der Waals surface area (Å²) in [6.45, 7) is 0. The van der Waals surface area contributed by atoms with Crippen molar-refractivity contribution in [2.24, 2.45) is 0 Å². The highest BCUT2D eigenvalue weighted by Crippen LogP contribution is 2.27. The van der Waals surface area contributed by atoms with Crippen LogP contribution in [-0.4, -0.2) is 22.5 Å². The number of aromatic carboxylic acids is 1. The second kappa shape index (κ2) is 4.71. The van der Waals surface area contributed by atoms with Crippen LogP contribution in [0, 0.1) is 0 Å². The zero-order valence-electron chi connectivity index (χ0n) is 9.33. The maximum Gasteiger partial charge on any atom is 0.336 e. The van der Waals surface area contributed by atoms with Crippen molar-refractivity contribution in [3.63, 3.8) is 0 Å². The minimum atomic E-state index is -1.04. The summed E-state index contributed by atoms with van der Waals surface area (Å²) in [5, 5.41) is 18.5. The van der Waals surface area contributed by atoms with Crippen LogP contribution < -0.4 is 0 Å². The van der Waals surface area contributed by atoms with E-state index in [4.69, 9.17) is 5.11 Å². The lowest BCUT2D eigenvalue weighted by Gasteiger charge is -2.07. The van der Waals surface area contributed by atoms with Gasteiger partial charge >= 0.3 is 5.97 Å². The molecule has 2 aromatic carbocycles. The van der Waals surface area contributed by atoms with E-state index >= 15 is 0 Å². The number of aromatic hydroxyl groups is 1. The summed E-state index contributed by atoms with van der Waals surface area (Å²) in [6.07, 6.45) is 0.530. The first-order valence-electron chi connectivity index (χ1n) is 5.24. The second-order valence-electron chi connectivity index (χ2n) is 3.74. The first kappa shape index (κ1) is 11.9. The SMILES string of the molecule is O=Cc1cc(-c2ccccc2C(=O)O)ccc1O. The molecule has 4 nitrogen and oxygen atoms in total. The highest BCUT2D eigenvalue weighted by atomic mass is 16.4. The van der Waals surface area contributed by atoms with Crippen molar-refractivity contribution in [2.45, 2.75) is 0 Å². The Morgan fingerprint density at radius 2 is 1.83 bits per heavy atom. The number of phenolic OH excluding ortho intramolecular Hbond substituents is 1. The van der Waals surface area contributed by atoms with E-state index < -0.39 is 5.97 Å². The third-order valence-electron chi connectivity index (χ3n) is 2.62. The summed E-state index contributed by atoms with van der Waals surface area (Å²) in [6, 6.07) is 10.9. The van der Waals surface area contributed by atoms with Crippen molar-refractivity contribution in [1.29, 1.82) is 0 Å². The van der Waals surface area contributed by atoms with E-state index in [0.717, 1.165) is 0 Å². The average Bonchev–Trinajstić information content (AvgIpc) is 2.39. The number of phenols is 1. The molecule has 0 saturated carbocycles. The van der Waals surface area contributed by atoms with E-state index in [2.05, 4.69) is 0 Å². The molecule has 0 fully saturated rings. The van der Waals surface area contributed by atoms with Crippen LogP contribution in [0.15, 0.2) is 42.5 Å². The van der Waals surface area contributed by atoms with Crippen LogP contribution in [0.25, 0.3) is 11.1 Å². The van der Waals surface area contributed by atoms with E-state index in [1.54, 1.807) is 24.3 Å². The van der Waals surface area contributed by atoms with Gasteiger partial charge in [-0.05, 0) is 29.3 Å². The summed E-state index contributed by atoms with van der Waals surface area (Å²) < 4.78 is 0. The van der Waals surface area contributed by atoms with Gasteiger partial charge in [-0.15, -0.1) is 0 Å². The highest BCUT2D eigenvalue weighted by molar-refractivity contribution is 5.96. The third-order valence-corrected chi connectivity index (χ3v) is 2.62. The number of hydrogen-bond acceptors (Lipinski definition) is 3. The largest absolute Gasteiger partial charge is 0.507 e. The van der Waals surface area contributed by atoms with E-state index in [1.165, 1.54) is 18.2 Å². The third kappa shape index (κ3) is 2.08. The maximum absolute atomic E-state index is 11.1. The summed E-state index contributed by atoms with van der Waals surface area (Å²) in [7, 11) is 0. The lowest BCUT2D eigenvalue weighted by Crippen LogP contribution is -1.99. The lowest BCUT2D eigenvalue weighted by molar-refractivity contribution is 0.0697. The van der Waals surface area contributed by atoms with Crippen LogP contribution in [0.5, 0.6) is 5.75 Å². The molecule has 2 rings (SSSR count). The Labute approximate surface area is 103 Å².